The van der Waals surface area contributed by atoms with Gasteiger partial charge in [0.15, 0.2) is 15.0 Å². The fourth-order valence-electron chi connectivity index (χ4n) is 3.04. The molecule has 0 bridgehead atoms. The van der Waals surface area contributed by atoms with Crippen molar-refractivity contribution >= 4 is 65.6 Å². The quantitative estimate of drug-likeness (QED) is 0.351. The summed E-state index contributed by atoms with van der Waals surface area (Å²) < 4.78 is 24.5. The zero-order valence-electron chi connectivity index (χ0n) is 16.2. The lowest BCUT2D eigenvalue weighted by Crippen LogP contribution is -2.30. The summed E-state index contributed by atoms with van der Waals surface area (Å²) in [5, 5.41) is 1.13. The number of fused-ring (bicyclic) bond motifs is 1. The van der Waals surface area contributed by atoms with Gasteiger partial charge in [0.05, 0.1) is 32.2 Å². The number of benzene rings is 3. The van der Waals surface area contributed by atoms with Crippen LogP contribution in [0.1, 0.15) is 15.9 Å². The molecule has 0 aliphatic heterocycles. The molecule has 0 radical (unpaired) electrons. The summed E-state index contributed by atoms with van der Waals surface area (Å²) in [4.78, 5) is 19.8. The number of aromatic nitrogens is 1. The molecule has 1 aromatic heterocycles. The van der Waals surface area contributed by atoms with E-state index in [0.29, 0.717) is 25.9 Å². The molecule has 0 N–H and O–H groups in total. The molecule has 4 rings (SSSR count). The third-order valence-corrected chi connectivity index (χ3v) is 7.30. The lowest BCUT2D eigenvalue weighted by Gasteiger charge is -2.20. The summed E-state index contributed by atoms with van der Waals surface area (Å²) in [6.07, 6.45) is 1.16. The van der Waals surface area contributed by atoms with Crippen molar-refractivity contribution in [1.29, 1.82) is 0 Å². The van der Waals surface area contributed by atoms with Crippen molar-refractivity contribution < 1.29 is 13.2 Å². The van der Waals surface area contributed by atoms with Crippen LogP contribution >= 0.6 is 34.5 Å². The Hall–Kier alpha value is -2.45. The first-order valence-corrected chi connectivity index (χ1v) is 12.6. The van der Waals surface area contributed by atoms with E-state index in [2.05, 4.69) is 4.98 Å². The first-order valence-electron chi connectivity index (χ1n) is 9.14. The number of thiazole rings is 1. The molecule has 0 saturated carbocycles. The maximum Gasteiger partial charge on any atom is 0.261 e. The van der Waals surface area contributed by atoms with Crippen LogP contribution in [-0.2, 0) is 16.4 Å². The van der Waals surface area contributed by atoms with Crippen LogP contribution in [0, 0.1) is 0 Å². The van der Waals surface area contributed by atoms with Gasteiger partial charge in [-0.3, -0.25) is 9.69 Å². The molecule has 0 unspecified atom stereocenters. The van der Waals surface area contributed by atoms with Crippen molar-refractivity contribution in [3.8, 4) is 0 Å². The largest absolute Gasteiger partial charge is 0.279 e. The number of carbonyl (C=O) groups excluding carboxylic acids is 1. The molecule has 0 aliphatic carbocycles. The Labute approximate surface area is 193 Å². The molecule has 1 heterocycles. The van der Waals surface area contributed by atoms with Crippen LogP contribution in [0.3, 0.4) is 0 Å². The van der Waals surface area contributed by atoms with E-state index in [1.165, 1.54) is 28.4 Å². The molecule has 3 aromatic carbocycles. The minimum atomic E-state index is -3.35. The second kappa shape index (κ2) is 8.59. The van der Waals surface area contributed by atoms with E-state index in [9.17, 15) is 13.2 Å². The number of carbonyl (C=O) groups is 1. The van der Waals surface area contributed by atoms with Gasteiger partial charge in [-0.1, -0.05) is 64.9 Å². The Morgan fingerprint density at radius 3 is 2.45 bits per heavy atom. The average Bonchev–Trinajstić information content (AvgIpc) is 3.15. The fourth-order valence-corrected chi connectivity index (χ4v) is 5.25. The summed E-state index contributed by atoms with van der Waals surface area (Å²) in [7, 11) is -3.35. The molecule has 0 saturated heterocycles. The Morgan fingerprint density at radius 1 is 1.03 bits per heavy atom. The third-order valence-electron chi connectivity index (χ3n) is 4.60. The van der Waals surface area contributed by atoms with Crippen LogP contribution in [-0.4, -0.2) is 25.6 Å². The number of halogens is 2. The van der Waals surface area contributed by atoms with Gasteiger partial charge in [0.25, 0.3) is 5.91 Å². The van der Waals surface area contributed by atoms with Crippen molar-refractivity contribution in [2.45, 2.75) is 11.4 Å². The number of sulfone groups is 1. The van der Waals surface area contributed by atoms with Crippen LogP contribution < -0.4 is 4.90 Å². The Morgan fingerprint density at radius 2 is 1.77 bits per heavy atom. The molecule has 158 valence electrons. The van der Waals surface area contributed by atoms with E-state index in [0.717, 1.165) is 11.8 Å². The molecular formula is C22H16Cl2N2O3S2. The number of rotatable bonds is 5. The van der Waals surface area contributed by atoms with Crippen LogP contribution in [0.15, 0.2) is 71.6 Å². The second-order valence-corrected chi connectivity index (χ2v) is 10.8. The van der Waals surface area contributed by atoms with Gasteiger partial charge in [-0.05, 0) is 42.0 Å². The Balaban J connectivity index is 1.81. The number of nitrogens with zero attached hydrogens (tertiary/aromatic N) is 2. The molecule has 31 heavy (non-hydrogen) atoms. The number of hydrogen-bond acceptors (Lipinski definition) is 5. The summed E-state index contributed by atoms with van der Waals surface area (Å²) in [6, 6.07) is 19.0. The first kappa shape index (κ1) is 21.8. The SMILES string of the molecule is CS(=O)(=O)c1ccc2nc(N(Cc3ccccc3)C(=O)c3ccc(Cl)cc3Cl)sc2c1. The highest BCUT2D eigenvalue weighted by Gasteiger charge is 2.24. The fraction of sp³-hybridized carbons (Fsp3) is 0.0909. The Bertz CT molecular complexity index is 1390. The summed E-state index contributed by atoms with van der Waals surface area (Å²) in [5.41, 5.74) is 1.83. The Kier molecular flexibility index (Phi) is 6.03. The van der Waals surface area contributed by atoms with Gasteiger partial charge in [-0.15, -0.1) is 0 Å². The smallest absolute Gasteiger partial charge is 0.261 e. The molecule has 0 fully saturated rings. The van der Waals surface area contributed by atoms with Gasteiger partial charge in [0.1, 0.15) is 0 Å². The predicted molar refractivity (Wildman–Crippen MR) is 126 cm³/mol. The number of anilines is 1. The molecule has 5 nitrogen and oxygen atoms in total. The van der Waals surface area contributed by atoms with E-state index in [-0.39, 0.29) is 22.4 Å². The van der Waals surface area contributed by atoms with Crippen molar-refractivity contribution in [3.05, 3.63) is 87.9 Å². The maximum atomic E-state index is 13.5. The van der Waals surface area contributed by atoms with Gasteiger partial charge in [0, 0.05) is 11.3 Å². The van der Waals surface area contributed by atoms with Gasteiger partial charge in [-0.2, -0.15) is 0 Å². The second-order valence-electron chi connectivity index (χ2n) is 6.90. The molecule has 4 aromatic rings. The average molecular weight is 491 g/mol. The van der Waals surface area contributed by atoms with Crippen molar-refractivity contribution in [2.24, 2.45) is 0 Å². The van der Waals surface area contributed by atoms with E-state index in [1.54, 1.807) is 24.3 Å². The highest BCUT2D eigenvalue weighted by atomic mass is 35.5. The standard InChI is InChI=1S/C22H16Cl2N2O3S2/c1-31(28,29)16-8-10-19-20(12-16)30-22(25-19)26(13-14-5-3-2-4-6-14)21(27)17-9-7-15(23)11-18(17)24/h2-12H,13H2,1H3. The van der Waals surface area contributed by atoms with Crippen molar-refractivity contribution in [3.63, 3.8) is 0 Å². The minimum absolute atomic E-state index is 0.205. The van der Waals surface area contributed by atoms with Gasteiger partial charge in [0.2, 0.25) is 0 Å². The van der Waals surface area contributed by atoms with E-state index in [1.807, 2.05) is 30.3 Å². The molecular weight excluding hydrogens is 475 g/mol. The van der Waals surface area contributed by atoms with Gasteiger partial charge < -0.3 is 0 Å². The van der Waals surface area contributed by atoms with Gasteiger partial charge >= 0.3 is 0 Å². The molecule has 0 atom stereocenters. The summed E-state index contributed by atoms with van der Waals surface area (Å²) in [5.74, 6) is -0.326. The lowest BCUT2D eigenvalue weighted by atomic mass is 10.1. The van der Waals surface area contributed by atoms with E-state index in [4.69, 9.17) is 23.2 Å². The van der Waals surface area contributed by atoms with Gasteiger partial charge in [-0.25, -0.2) is 13.4 Å². The third kappa shape index (κ3) is 4.75. The molecule has 1 amide bonds. The highest BCUT2D eigenvalue weighted by molar-refractivity contribution is 7.90. The van der Waals surface area contributed by atoms with Crippen LogP contribution in [0.5, 0.6) is 0 Å². The highest BCUT2D eigenvalue weighted by Crippen LogP contribution is 2.33. The lowest BCUT2D eigenvalue weighted by molar-refractivity contribution is 0.0985. The van der Waals surface area contributed by atoms with Crippen molar-refractivity contribution in [2.75, 3.05) is 11.2 Å². The van der Waals surface area contributed by atoms with E-state index >= 15 is 0 Å². The zero-order chi connectivity index (χ0) is 22.2. The number of hydrogen-bond donors (Lipinski definition) is 0. The monoisotopic (exact) mass is 490 g/mol. The predicted octanol–water partition coefficient (Wildman–Crippen LogP) is 5.85. The van der Waals surface area contributed by atoms with Crippen LogP contribution in [0.25, 0.3) is 10.2 Å². The van der Waals surface area contributed by atoms with Crippen LogP contribution in [0.2, 0.25) is 10.0 Å². The normalized spacial score (nSPS) is 11.6. The summed E-state index contributed by atoms with van der Waals surface area (Å²) in [6.45, 7) is 0.275. The molecule has 9 heteroatoms. The zero-order valence-corrected chi connectivity index (χ0v) is 19.4. The van der Waals surface area contributed by atoms with E-state index < -0.39 is 9.84 Å². The summed E-state index contributed by atoms with van der Waals surface area (Å²) >= 11 is 13.5. The first-order chi connectivity index (χ1) is 14.7. The van der Waals surface area contributed by atoms with Crippen molar-refractivity contribution in [1.82, 2.24) is 4.98 Å². The maximum absolute atomic E-state index is 13.5. The minimum Gasteiger partial charge on any atom is -0.279 e. The molecule has 0 spiro atoms. The molecule has 0 aliphatic rings. The van der Waals surface area contributed by atoms with Crippen LogP contribution in [0.4, 0.5) is 5.13 Å². The number of amides is 1. The topological polar surface area (TPSA) is 67.3 Å².